The number of aromatic nitrogens is 2. The van der Waals surface area contributed by atoms with Crippen molar-refractivity contribution in [3.63, 3.8) is 0 Å². The highest BCUT2D eigenvalue weighted by molar-refractivity contribution is 7.21. The summed E-state index contributed by atoms with van der Waals surface area (Å²) in [5, 5.41) is 12.1. The number of carbonyl (C=O) groups excluding carboxylic acids is 1. The fraction of sp³-hybridized carbons (Fsp3) is 0.533. The lowest BCUT2D eigenvalue weighted by Gasteiger charge is -2.12. The van der Waals surface area contributed by atoms with Gasteiger partial charge in [0.1, 0.15) is 9.71 Å². The summed E-state index contributed by atoms with van der Waals surface area (Å²) >= 11 is 1.31. The zero-order valence-electron chi connectivity index (χ0n) is 13.0. The number of carbonyl (C=O) groups is 1. The third-order valence-electron chi connectivity index (χ3n) is 4.05. The van der Waals surface area contributed by atoms with E-state index in [9.17, 15) is 4.79 Å². The second kappa shape index (κ2) is 6.39. The van der Waals surface area contributed by atoms with E-state index in [0.717, 1.165) is 34.3 Å². The van der Waals surface area contributed by atoms with Gasteiger partial charge in [-0.3, -0.25) is 4.79 Å². The van der Waals surface area contributed by atoms with E-state index in [4.69, 9.17) is 5.73 Å². The van der Waals surface area contributed by atoms with Crippen LogP contribution in [0.1, 0.15) is 47.6 Å². The number of aryl methyl sites for hydroxylation is 2. The molecule has 114 valence electrons. The largest absolute Gasteiger partial charge is 0.397 e. The fourth-order valence-electron chi connectivity index (χ4n) is 2.30. The number of hydrogen-bond acceptors (Lipinski definition) is 5. The minimum absolute atomic E-state index is 0.112. The lowest BCUT2D eigenvalue weighted by molar-refractivity contribution is 0.0951. The lowest BCUT2D eigenvalue weighted by Crippen LogP contribution is -2.28. The normalized spacial score (nSPS) is 11.3. The van der Waals surface area contributed by atoms with Crippen LogP contribution in [0.2, 0.25) is 0 Å². The number of amides is 1. The Morgan fingerprint density at radius 2 is 1.95 bits per heavy atom. The summed E-state index contributed by atoms with van der Waals surface area (Å²) in [5.74, 6) is 0.396. The number of nitrogens with two attached hydrogens (primary N) is 1. The number of nitrogens with one attached hydrogen (secondary N) is 1. The molecular formula is C15H22N4OS. The average molecular weight is 306 g/mol. The second-order valence-electron chi connectivity index (χ2n) is 5.33. The van der Waals surface area contributed by atoms with Gasteiger partial charge in [0.05, 0.1) is 11.4 Å². The Labute approximate surface area is 128 Å². The Morgan fingerprint density at radius 3 is 2.57 bits per heavy atom. The molecule has 0 aliphatic rings. The van der Waals surface area contributed by atoms with Gasteiger partial charge in [0.15, 0.2) is 0 Å². The molecule has 0 saturated heterocycles. The number of fused-ring (bicyclic) bond motifs is 1. The van der Waals surface area contributed by atoms with E-state index in [2.05, 4.69) is 29.4 Å². The van der Waals surface area contributed by atoms with Crippen molar-refractivity contribution in [2.24, 2.45) is 5.92 Å². The van der Waals surface area contributed by atoms with Gasteiger partial charge in [0.25, 0.3) is 5.91 Å². The summed E-state index contributed by atoms with van der Waals surface area (Å²) in [7, 11) is 0. The van der Waals surface area contributed by atoms with E-state index in [0.29, 0.717) is 23.0 Å². The minimum atomic E-state index is -0.112. The number of thiophene rings is 1. The van der Waals surface area contributed by atoms with E-state index < -0.39 is 0 Å². The molecule has 5 nitrogen and oxygen atoms in total. The number of rotatable bonds is 5. The molecule has 0 unspecified atom stereocenters. The molecular weight excluding hydrogens is 284 g/mol. The Morgan fingerprint density at radius 1 is 1.29 bits per heavy atom. The van der Waals surface area contributed by atoms with Crippen LogP contribution in [-0.2, 0) is 0 Å². The molecule has 2 aromatic rings. The molecule has 1 amide bonds. The van der Waals surface area contributed by atoms with Crippen molar-refractivity contribution in [2.75, 3.05) is 12.3 Å². The molecule has 21 heavy (non-hydrogen) atoms. The number of anilines is 1. The molecule has 6 heteroatoms. The first-order valence-corrected chi connectivity index (χ1v) is 8.11. The van der Waals surface area contributed by atoms with Gasteiger partial charge in [-0.15, -0.1) is 16.4 Å². The number of nitrogen functional groups attached to an aromatic ring is 1. The summed E-state index contributed by atoms with van der Waals surface area (Å²) in [5.41, 5.74) is 8.52. The fourth-order valence-corrected chi connectivity index (χ4v) is 3.32. The third kappa shape index (κ3) is 3.00. The quantitative estimate of drug-likeness (QED) is 0.889. The smallest absolute Gasteiger partial charge is 0.263 e. The van der Waals surface area contributed by atoms with Gasteiger partial charge in [0.2, 0.25) is 0 Å². The van der Waals surface area contributed by atoms with Crippen LogP contribution in [0.3, 0.4) is 0 Å². The summed E-state index contributed by atoms with van der Waals surface area (Å²) in [6.07, 6.45) is 2.12. The van der Waals surface area contributed by atoms with Crippen molar-refractivity contribution in [3.8, 4) is 0 Å². The monoisotopic (exact) mass is 306 g/mol. The van der Waals surface area contributed by atoms with Crippen LogP contribution in [-0.4, -0.2) is 22.6 Å². The molecule has 0 aromatic carbocycles. The van der Waals surface area contributed by atoms with Crippen LogP contribution in [0.15, 0.2) is 0 Å². The highest BCUT2D eigenvalue weighted by Crippen LogP contribution is 2.34. The van der Waals surface area contributed by atoms with Crippen molar-refractivity contribution in [1.29, 1.82) is 0 Å². The predicted octanol–water partition coefficient (Wildman–Crippen LogP) is 3.06. The van der Waals surface area contributed by atoms with Crippen molar-refractivity contribution >= 4 is 33.1 Å². The zero-order chi connectivity index (χ0) is 15.6. The van der Waals surface area contributed by atoms with Gasteiger partial charge in [-0.05, 0) is 25.3 Å². The first-order chi connectivity index (χ1) is 9.99. The van der Waals surface area contributed by atoms with Crippen LogP contribution in [0.4, 0.5) is 5.69 Å². The van der Waals surface area contributed by atoms with Crippen molar-refractivity contribution in [1.82, 2.24) is 15.5 Å². The molecule has 2 rings (SSSR count). The molecule has 0 atom stereocenters. The van der Waals surface area contributed by atoms with Crippen LogP contribution >= 0.6 is 11.3 Å². The van der Waals surface area contributed by atoms with Crippen molar-refractivity contribution < 1.29 is 4.79 Å². The van der Waals surface area contributed by atoms with Crippen molar-refractivity contribution in [3.05, 3.63) is 16.1 Å². The van der Waals surface area contributed by atoms with Gasteiger partial charge >= 0.3 is 0 Å². The van der Waals surface area contributed by atoms with Crippen LogP contribution < -0.4 is 11.1 Å². The Kier molecular flexibility index (Phi) is 4.77. The van der Waals surface area contributed by atoms with E-state index in [1.54, 1.807) is 0 Å². The average Bonchev–Trinajstić information content (AvgIpc) is 2.81. The Balaban J connectivity index is 2.28. The molecule has 0 saturated carbocycles. The Bertz CT molecular complexity index is 661. The van der Waals surface area contributed by atoms with Gasteiger partial charge in [-0.1, -0.05) is 26.7 Å². The van der Waals surface area contributed by atoms with Gasteiger partial charge in [0, 0.05) is 11.9 Å². The highest BCUT2D eigenvalue weighted by Gasteiger charge is 2.20. The summed E-state index contributed by atoms with van der Waals surface area (Å²) in [6, 6.07) is 0. The van der Waals surface area contributed by atoms with E-state index in [-0.39, 0.29) is 5.91 Å². The van der Waals surface area contributed by atoms with Crippen LogP contribution in [0.5, 0.6) is 0 Å². The predicted molar refractivity (Wildman–Crippen MR) is 87.7 cm³/mol. The number of nitrogens with zero attached hydrogens (tertiary/aromatic N) is 2. The third-order valence-corrected chi connectivity index (χ3v) is 5.14. The van der Waals surface area contributed by atoms with E-state index in [1.165, 1.54) is 11.3 Å². The standard InChI is InChI=1S/C15H22N4OS/c1-5-10(6-2)7-17-14(20)13-12(16)11-8(3)9(4)18-19-15(11)21-13/h10H,5-7,16H2,1-4H3,(H,17,20). The summed E-state index contributed by atoms with van der Waals surface area (Å²) < 4.78 is 0. The molecule has 0 spiro atoms. The van der Waals surface area contributed by atoms with Crippen molar-refractivity contribution in [2.45, 2.75) is 40.5 Å². The van der Waals surface area contributed by atoms with Crippen LogP contribution in [0, 0.1) is 19.8 Å². The molecule has 2 heterocycles. The lowest BCUT2D eigenvalue weighted by atomic mass is 10.0. The molecule has 0 aliphatic carbocycles. The maximum absolute atomic E-state index is 12.3. The minimum Gasteiger partial charge on any atom is -0.397 e. The van der Waals surface area contributed by atoms with Gasteiger partial charge in [-0.2, -0.15) is 5.10 Å². The molecule has 0 aliphatic heterocycles. The molecule has 0 radical (unpaired) electrons. The van der Waals surface area contributed by atoms with Gasteiger partial charge in [-0.25, -0.2) is 0 Å². The maximum Gasteiger partial charge on any atom is 0.263 e. The molecule has 0 bridgehead atoms. The van der Waals surface area contributed by atoms with E-state index >= 15 is 0 Å². The first-order valence-electron chi connectivity index (χ1n) is 7.29. The van der Waals surface area contributed by atoms with Gasteiger partial charge < -0.3 is 11.1 Å². The highest BCUT2D eigenvalue weighted by atomic mass is 32.1. The van der Waals surface area contributed by atoms with E-state index in [1.807, 2.05) is 13.8 Å². The Hall–Kier alpha value is -1.69. The molecule has 3 N–H and O–H groups in total. The molecule has 2 aromatic heterocycles. The van der Waals surface area contributed by atoms with Crippen LogP contribution in [0.25, 0.3) is 10.2 Å². The maximum atomic E-state index is 12.3. The summed E-state index contributed by atoms with van der Waals surface area (Å²) in [4.78, 5) is 13.6. The first kappa shape index (κ1) is 15.7. The second-order valence-corrected chi connectivity index (χ2v) is 6.33. The summed E-state index contributed by atoms with van der Waals surface area (Å²) in [6.45, 7) is 8.81. The zero-order valence-corrected chi connectivity index (χ0v) is 13.8. The number of hydrogen-bond donors (Lipinski definition) is 2. The topological polar surface area (TPSA) is 80.9 Å². The molecule has 0 fully saturated rings. The SMILES string of the molecule is CCC(CC)CNC(=O)c1sc2nnc(C)c(C)c2c1N.